The molecule has 0 aliphatic heterocycles. The van der Waals surface area contributed by atoms with E-state index in [9.17, 15) is 0 Å². The van der Waals surface area contributed by atoms with Crippen molar-refractivity contribution in [1.29, 1.82) is 0 Å². The normalized spacial score (nSPS) is 39.2. The Morgan fingerprint density at radius 1 is 0.578 bits per heavy atom. The van der Waals surface area contributed by atoms with Crippen LogP contribution in [0.5, 0.6) is 0 Å². The van der Waals surface area contributed by atoms with E-state index in [1.807, 2.05) is 0 Å². The molecule has 1 spiro atoms. The van der Waals surface area contributed by atoms with Crippen LogP contribution in [0, 0.1) is 58.7 Å². The SMILES string of the molecule is CC1(C)C2CCC=CC2C2C=CC(N(c3ccccc3)C3CCC[C@H]4C3C3CCCCC3C43c4ccccc4C4C=CC(N(C5=CCCC=C5)c5cccc6c5C=CCC6)CC43)CC21. The minimum atomic E-state index is 0.211. The first kappa shape index (κ1) is 40.0. The van der Waals surface area contributed by atoms with Crippen molar-refractivity contribution in [2.45, 2.75) is 140 Å². The van der Waals surface area contributed by atoms with Crippen LogP contribution in [0.15, 0.2) is 139 Å². The molecule has 0 radical (unpaired) electrons. The standard InChI is InChI=1S/C62H72N2/c1-61(2)52-29-14-11-26-47(52)49-37-35-44(39-56(49)61)64(43-23-7-4-8-24-43)59-34-18-32-55-60(59)51-28-13-16-31-54(51)62(55)53-30-15-12-27-48(53)50-38-36-45(40-57(50)62)63(42-21-5-3-6-22-42)58-33-17-20-41-19-9-10-25-46(41)58/h4-5,7-8,10-12,15,17,20-27,30,33,35-38,44-45,47,49-52,54-57,59-60H,3,6,9,13-14,16,18-19,28-29,31-32,34,39-40H2,1-2H3/t44?,45?,47?,49?,50?,51?,52?,54?,55-,56?,57?,59?,60?,62?/m0/s1. The number of para-hydroxylation sites is 1. The number of hydrogen-bond acceptors (Lipinski definition) is 2. The summed E-state index contributed by atoms with van der Waals surface area (Å²) in [6, 6.07) is 30.5. The van der Waals surface area contributed by atoms with Gasteiger partial charge >= 0.3 is 0 Å². The van der Waals surface area contributed by atoms with Gasteiger partial charge in [0, 0.05) is 46.1 Å². The van der Waals surface area contributed by atoms with Gasteiger partial charge in [-0.1, -0.05) is 148 Å². The van der Waals surface area contributed by atoms with E-state index in [0.29, 0.717) is 47.2 Å². The van der Waals surface area contributed by atoms with Crippen LogP contribution in [0.2, 0.25) is 0 Å². The Hall–Kier alpha value is -4.30. The largest absolute Gasteiger partial charge is 0.362 e. The highest BCUT2D eigenvalue weighted by Crippen LogP contribution is 2.73. The molecule has 64 heavy (non-hydrogen) atoms. The smallest absolute Gasteiger partial charge is 0.0525 e. The number of fused-ring (bicyclic) bond motifs is 14. The Morgan fingerprint density at radius 2 is 1.39 bits per heavy atom. The molecule has 2 nitrogen and oxygen atoms in total. The van der Waals surface area contributed by atoms with Crippen LogP contribution in [0.3, 0.4) is 0 Å². The summed E-state index contributed by atoms with van der Waals surface area (Å²) < 4.78 is 0. The third kappa shape index (κ3) is 5.87. The lowest BCUT2D eigenvalue weighted by Gasteiger charge is -2.53. The molecule has 0 heterocycles. The first-order valence-electron chi connectivity index (χ1n) is 26.4. The quantitative estimate of drug-likeness (QED) is 0.228. The van der Waals surface area contributed by atoms with Crippen LogP contribution in [0.4, 0.5) is 11.4 Å². The highest BCUT2D eigenvalue weighted by Gasteiger charge is 2.70. The fraction of sp³-hybridized carbons (Fsp3) is 0.516. The van der Waals surface area contributed by atoms with Crippen LogP contribution in [-0.2, 0) is 11.8 Å². The van der Waals surface area contributed by atoms with Crippen molar-refractivity contribution in [3.8, 4) is 0 Å². The molecule has 0 N–H and O–H groups in total. The Morgan fingerprint density at radius 3 is 2.30 bits per heavy atom. The highest BCUT2D eigenvalue weighted by atomic mass is 15.2. The lowest BCUT2D eigenvalue weighted by molar-refractivity contribution is 0.0884. The van der Waals surface area contributed by atoms with Crippen molar-refractivity contribution in [1.82, 2.24) is 0 Å². The minimum absolute atomic E-state index is 0.211. The van der Waals surface area contributed by atoms with E-state index in [1.165, 1.54) is 98.8 Å². The molecule has 0 saturated heterocycles. The predicted molar refractivity (Wildman–Crippen MR) is 267 cm³/mol. The van der Waals surface area contributed by atoms with Gasteiger partial charge in [0.15, 0.2) is 0 Å². The van der Waals surface area contributed by atoms with E-state index in [2.05, 4.69) is 163 Å². The van der Waals surface area contributed by atoms with Crippen molar-refractivity contribution in [2.24, 2.45) is 58.7 Å². The molecule has 14 atom stereocenters. The van der Waals surface area contributed by atoms with Crippen LogP contribution < -0.4 is 9.80 Å². The molecule has 10 aliphatic rings. The van der Waals surface area contributed by atoms with Crippen molar-refractivity contribution < 1.29 is 0 Å². The molecule has 2 heteroatoms. The number of anilines is 2. The molecular formula is C62H72N2. The fourth-order valence-corrected chi connectivity index (χ4v) is 18.2. The average Bonchev–Trinajstić information content (AvgIpc) is 3.91. The number of nitrogens with zero attached hydrogens (tertiary/aromatic N) is 2. The summed E-state index contributed by atoms with van der Waals surface area (Å²) in [6.45, 7) is 5.32. The van der Waals surface area contributed by atoms with Gasteiger partial charge in [-0.15, -0.1) is 0 Å². The van der Waals surface area contributed by atoms with Gasteiger partial charge in [0.2, 0.25) is 0 Å². The van der Waals surface area contributed by atoms with E-state index in [1.54, 1.807) is 11.1 Å². The molecule has 3 aromatic carbocycles. The van der Waals surface area contributed by atoms with Gasteiger partial charge in [0.05, 0.1) is 6.04 Å². The average molecular weight is 845 g/mol. The molecular weight excluding hydrogens is 773 g/mol. The second-order valence-corrected chi connectivity index (χ2v) is 23.0. The second-order valence-electron chi connectivity index (χ2n) is 23.0. The zero-order chi connectivity index (χ0) is 42.6. The minimum Gasteiger partial charge on any atom is -0.362 e. The molecule has 0 bridgehead atoms. The maximum Gasteiger partial charge on any atom is 0.0525 e. The van der Waals surface area contributed by atoms with Crippen LogP contribution >= 0.6 is 0 Å². The number of allylic oxidation sites excluding steroid dienone is 8. The van der Waals surface area contributed by atoms with Crippen LogP contribution in [0.1, 0.15) is 132 Å². The topological polar surface area (TPSA) is 6.48 Å². The van der Waals surface area contributed by atoms with E-state index in [4.69, 9.17) is 0 Å². The lowest BCUT2D eigenvalue weighted by Crippen LogP contribution is -2.54. The molecule has 0 aromatic heterocycles. The Kier molecular flexibility index (Phi) is 9.79. The van der Waals surface area contributed by atoms with Crippen LogP contribution in [-0.4, -0.2) is 18.1 Å². The molecule has 10 aliphatic carbocycles. The van der Waals surface area contributed by atoms with E-state index in [-0.39, 0.29) is 5.41 Å². The summed E-state index contributed by atoms with van der Waals surface area (Å²) in [5, 5.41) is 0. The fourth-order valence-electron chi connectivity index (χ4n) is 18.2. The van der Waals surface area contributed by atoms with Crippen LogP contribution in [0.25, 0.3) is 6.08 Å². The van der Waals surface area contributed by atoms with Crippen molar-refractivity contribution in [2.75, 3.05) is 9.80 Å². The molecule has 330 valence electrons. The Bertz CT molecular complexity index is 2440. The van der Waals surface area contributed by atoms with Gasteiger partial charge in [-0.3, -0.25) is 0 Å². The maximum atomic E-state index is 3.10. The molecule has 4 fully saturated rings. The Labute approximate surface area is 385 Å². The molecule has 0 amide bonds. The summed E-state index contributed by atoms with van der Waals surface area (Å²) >= 11 is 0. The molecule has 3 aromatic rings. The molecule has 13 rings (SSSR count). The van der Waals surface area contributed by atoms with Crippen molar-refractivity contribution in [3.05, 3.63) is 162 Å². The zero-order valence-corrected chi connectivity index (χ0v) is 38.8. The number of rotatable bonds is 6. The van der Waals surface area contributed by atoms with E-state index in [0.717, 1.165) is 61.2 Å². The summed E-state index contributed by atoms with van der Waals surface area (Å²) in [6.07, 6.45) is 47.9. The summed E-state index contributed by atoms with van der Waals surface area (Å²) in [4.78, 5) is 5.91. The third-order valence-corrected chi connectivity index (χ3v) is 20.3. The summed E-state index contributed by atoms with van der Waals surface area (Å²) in [5.74, 6) is 7.04. The lowest BCUT2D eigenvalue weighted by atomic mass is 9.55. The van der Waals surface area contributed by atoms with Gasteiger partial charge in [-0.05, 0) is 177 Å². The predicted octanol–water partition coefficient (Wildman–Crippen LogP) is 15.0. The summed E-state index contributed by atoms with van der Waals surface area (Å²) in [5.41, 5.74) is 11.3. The van der Waals surface area contributed by atoms with E-state index >= 15 is 0 Å². The van der Waals surface area contributed by atoms with Gasteiger partial charge in [0.1, 0.15) is 0 Å². The number of hydrogen-bond donors (Lipinski definition) is 0. The van der Waals surface area contributed by atoms with Gasteiger partial charge in [0.25, 0.3) is 0 Å². The summed E-state index contributed by atoms with van der Waals surface area (Å²) in [7, 11) is 0. The molecule has 13 unspecified atom stereocenters. The first-order chi connectivity index (χ1) is 31.5. The highest BCUT2D eigenvalue weighted by molar-refractivity contribution is 5.75. The second kappa shape index (κ2) is 15.7. The van der Waals surface area contributed by atoms with E-state index < -0.39 is 0 Å². The van der Waals surface area contributed by atoms with Gasteiger partial charge < -0.3 is 9.80 Å². The van der Waals surface area contributed by atoms with Gasteiger partial charge in [-0.25, -0.2) is 0 Å². The molecule has 4 saturated carbocycles. The van der Waals surface area contributed by atoms with Gasteiger partial charge in [-0.2, -0.15) is 0 Å². The van der Waals surface area contributed by atoms with Crippen molar-refractivity contribution >= 4 is 17.5 Å². The first-order valence-corrected chi connectivity index (χ1v) is 26.4. The Balaban J connectivity index is 0.923. The number of benzene rings is 3. The van der Waals surface area contributed by atoms with Crippen molar-refractivity contribution in [3.63, 3.8) is 0 Å². The number of aryl methyl sites for hydroxylation is 1. The third-order valence-electron chi connectivity index (χ3n) is 20.3. The zero-order valence-electron chi connectivity index (χ0n) is 38.8. The maximum absolute atomic E-state index is 3.10. The monoisotopic (exact) mass is 845 g/mol.